The van der Waals surface area contributed by atoms with Crippen molar-refractivity contribution in [2.24, 2.45) is 5.92 Å². The summed E-state index contributed by atoms with van der Waals surface area (Å²) in [6, 6.07) is 5.25. The first-order chi connectivity index (χ1) is 15.7. The van der Waals surface area contributed by atoms with E-state index in [2.05, 4.69) is 0 Å². The maximum absolute atomic E-state index is 13.7. The predicted octanol–water partition coefficient (Wildman–Crippen LogP) is 4.84. The van der Waals surface area contributed by atoms with Crippen LogP contribution in [0, 0.1) is 25.6 Å². The number of halogens is 1. The minimum atomic E-state index is -0.733. The summed E-state index contributed by atoms with van der Waals surface area (Å²) in [4.78, 5) is 41.2. The van der Waals surface area contributed by atoms with Gasteiger partial charge in [0.2, 0.25) is 5.91 Å². The lowest BCUT2D eigenvalue weighted by molar-refractivity contribution is -0.140. The fraction of sp³-hybridized carbons (Fsp3) is 0.500. The fourth-order valence-electron chi connectivity index (χ4n) is 4.55. The van der Waals surface area contributed by atoms with E-state index in [0.717, 1.165) is 24.8 Å². The molecular formula is C26H33FN2O4. The largest absolute Gasteiger partial charge is 0.461 e. The van der Waals surface area contributed by atoms with Crippen LogP contribution in [0.5, 0.6) is 0 Å². The van der Waals surface area contributed by atoms with Crippen molar-refractivity contribution >= 4 is 17.7 Å². The molecule has 0 aliphatic heterocycles. The number of aromatic nitrogens is 1. The molecule has 178 valence electrons. The van der Waals surface area contributed by atoms with Crippen LogP contribution in [0.3, 0.4) is 0 Å². The summed E-state index contributed by atoms with van der Waals surface area (Å²) in [7, 11) is 0. The Morgan fingerprint density at radius 1 is 1.15 bits per heavy atom. The second-order valence-corrected chi connectivity index (χ2v) is 8.66. The summed E-state index contributed by atoms with van der Waals surface area (Å²) in [5.74, 6) is -1.16. The van der Waals surface area contributed by atoms with Gasteiger partial charge < -0.3 is 14.2 Å². The summed E-state index contributed by atoms with van der Waals surface area (Å²) in [6.07, 6.45) is 2.64. The molecule has 1 aromatic heterocycles. The molecule has 1 atom stereocenters. The molecule has 1 aliphatic rings. The fourth-order valence-corrected chi connectivity index (χ4v) is 4.55. The van der Waals surface area contributed by atoms with E-state index in [1.54, 1.807) is 42.4 Å². The molecule has 3 rings (SSSR count). The van der Waals surface area contributed by atoms with E-state index in [4.69, 9.17) is 4.74 Å². The van der Waals surface area contributed by atoms with Crippen LogP contribution in [0.25, 0.3) is 0 Å². The lowest BCUT2D eigenvalue weighted by Gasteiger charge is -2.35. The molecule has 1 unspecified atom stereocenters. The van der Waals surface area contributed by atoms with Crippen molar-refractivity contribution in [1.29, 1.82) is 0 Å². The summed E-state index contributed by atoms with van der Waals surface area (Å²) in [5, 5.41) is 0. The number of hydrogen-bond donors (Lipinski definition) is 0. The number of carbonyl (C=O) groups excluding carboxylic acids is 3. The highest BCUT2D eigenvalue weighted by molar-refractivity contribution is 6.06. The number of esters is 1. The molecule has 1 aliphatic carbocycles. The van der Waals surface area contributed by atoms with Crippen molar-refractivity contribution < 1.29 is 23.5 Å². The number of carbonyl (C=O) groups is 3. The van der Waals surface area contributed by atoms with Gasteiger partial charge in [0, 0.05) is 30.3 Å². The molecule has 1 fully saturated rings. The van der Waals surface area contributed by atoms with Crippen molar-refractivity contribution in [1.82, 2.24) is 9.47 Å². The van der Waals surface area contributed by atoms with Gasteiger partial charge in [0.15, 0.2) is 5.78 Å². The number of ketones is 1. The Hall–Kier alpha value is -2.96. The lowest BCUT2D eigenvalue weighted by Crippen LogP contribution is -2.47. The van der Waals surface area contributed by atoms with Crippen LogP contribution in [0.1, 0.15) is 77.7 Å². The van der Waals surface area contributed by atoms with Crippen LogP contribution >= 0.6 is 0 Å². The van der Waals surface area contributed by atoms with Crippen molar-refractivity contribution in [2.45, 2.75) is 73.0 Å². The number of rotatable bonds is 9. The third kappa shape index (κ3) is 4.87. The highest BCUT2D eigenvalue weighted by atomic mass is 19.1. The van der Waals surface area contributed by atoms with E-state index < -0.39 is 12.0 Å². The van der Waals surface area contributed by atoms with Crippen LogP contribution < -0.4 is 0 Å². The molecular weight excluding hydrogens is 423 g/mol. The number of nitrogens with zero attached hydrogens (tertiary/aromatic N) is 2. The molecule has 6 nitrogen and oxygen atoms in total. The van der Waals surface area contributed by atoms with E-state index in [1.165, 1.54) is 12.1 Å². The van der Waals surface area contributed by atoms with E-state index in [1.807, 2.05) is 13.8 Å². The molecule has 33 heavy (non-hydrogen) atoms. The van der Waals surface area contributed by atoms with E-state index in [0.29, 0.717) is 29.1 Å². The maximum Gasteiger partial charge on any atom is 0.355 e. The normalized spacial score (nSPS) is 14.5. The Morgan fingerprint density at radius 3 is 2.30 bits per heavy atom. The first-order valence-electron chi connectivity index (χ1n) is 11.7. The Bertz CT molecular complexity index is 1040. The maximum atomic E-state index is 13.7. The van der Waals surface area contributed by atoms with Gasteiger partial charge in [-0.15, -0.1) is 0 Å². The molecule has 0 bridgehead atoms. The SMILES string of the molecule is CCOC(=O)c1c(C)c(C(=O)C(C)N(Cc2ccc(F)cc2)C(=O)C2CCC2)c(C)n1CC. The van der Waals surface area contributed by atoms with Gasteiger partial charge in [-0.2, -0.15) is 0 Å². The predicted molar refractivity (Wildman–Crippen MR) is 124 cm³/mol. The summed E-state index contributed by atoms with van der Waals surface area (Å²) in [5.41, 5.74) is 2.85. The number of Topliss-reactive ketones (excluding diaryl/α,β-unsaturated/α-hetero) is 1. The number of hydrogen-bond acceptors (Lipinski definition) is 4. The summed E-state index contributed by atoms with van der Waals surface area (Å²) >= 11 is 0. The molecule has 1 saturated carbocycles. The minimum Gasteiger partial charge on any atom is -0.461 e. The van der Waals surface area contributed by atoms with Crippen LogP contribution in [0.2, 0.25) is 0 Å². The first-order valence-corrected chi connectivity index (χ1v) is 11.7. The van der Waals surface area contributed by atoms with Gasteiger partial charge >= 0.3 is 5.97 Å². The number of benzene rings is 1. The van der Waals surface area contributed by atoms with E-state index >= 15 is 0 Å². The van der Waals surface area contributed by atoms with Crippen molar-refractivity contribution in [3.63, 3.8) is 0 Å². The second kappa shape index (κ2) is 10.3. The molecule has 0 N–H and O–H groups in total. The highest BCUT2D eigenvalue weighted by Gasteiger charge is 2.36. The molecule has 1 heterocycles. The third-order valence-electron chi connectivity index (χ3n) is 6.65. The van der Waals surface area contributed by atoms with Gasteiger partial charge in [-0.05, 0) is 70.7 Å². The molecule has 1 amide bonds. The first kappa shape index (κ1) is 24.7. The van der Waals surface area contributed by atoms with E-state index in [-0.39, 0.29) is 36.6 Å². The smallest absolute Gasteiger partial charge is 0.355 e. The Kier molecular flexibility index (Phi) is 7.72. The Morgan fingerprint density at radius 2 is 1.79 bits per heavy atom. The second-order valence-electron chi connectivity index (χ2n) is 8.66. The van der Waals surface area contributed by atoms with Gasteiger partial charge in [0.25, 0.3) is 0 Å². The zero-order valence-corrected chi connectivity index (χ0v) is 20.1. The topological polar surface area (TPSA) is 68.6 Å². The van der Waals surface area contributed by atoms with Crippen LogP contribution in [0.15, 0.2) is 24.3 Å². The molecule has 0 spiro atoms. The van der Waals surface area contributed by atoms with Crippen LogP contribution in [-0.4, -0.2) is 39.8 Å². The van der Waals surface area contributed by atoms with Gasteiger partial charge in [-0.25, -0.2) is 9.18 Å². The average Bonchev–Trinajstić information content (AvgIpc) is 3.00. The Labute approximate surface area is 194 Å². The Balaban J connectivity index is 1.98. The van der Waals surface area contributed by atoms with Crippen molar-refractivity contribution in [2.75, 3.05) is 6.61 Å². The summed E-state index contributed by atoms with van der Waals surface area (Å²) in [6.45, 7) is 9.94. The standard InChI is InChI=1S/C26H33FN2O4/c1-6-28-17(4)22(16(3)23(28)26(32)33-7-2)24(30)18(5)29(25(31)20-9-8-10-20)15-19-11-13-21(27)14-12-19/h11-14,18,20H,6-10,15H2,1-5H3. The van der Waals surface area contributed by atoms with Crippen LogP contribution in [0.4, 0.5) is 4.39 Å². The van der Waals surface area contributed by atoms with Gasteiger partial charge in [0.05, 0.1) is 12.6 Å². The van der Waals surface area contributed by atoms with E-state index in [9.17, 15) is 18.8 Å². The number of amides is 1. The minimum absolute atomic E-state index is 0.0535. The monoisotopic (exact) mass is 456 g/mol. The van der Waals surface area contributed by atoms with Crippen molar-refractivity contribution in [3.05, 3.63) is 58.2 Å². The average molecular weight is 457 g/mol. The molecule has 2 aromatic rings. The zero-order valence-electron chi connectivity index (χ0n) is 20.1. The quantitative estimate of drug-likeness (QED) is 0.400. The molecule has 7 heteroatoms. The van der Waals surface area contributed by atoms with Gasteiger partial charge in [0.1, 0.15) is 11.5 Å². The third-order valence-corrected chi connectivity index (χ3v) is 6.65. The van der Waals surface area contributed by atoms with Crippen LogP contribution in [-0.2, 0) is 22.6 Å². The molecule has 0 radical (unpaired) electrons. The van der Waals surface area contributed by atoms with Crippen molar-refractivity contribution in [3.8, 4) is 0 Å². The zero-order chi connectivity index (χ0) is 24.3. The highest BCUT2D eigenvalue weighted by Crippen LogP contribution is 2.31. The van der Waals surface area contributed by atoms with Gasteiger partial charge in [-0.3, -0.25) is 9.59 Å². The summed E-state index contributed by atoms with van der Waals surface area (Å²) < 4.78 is 20.4. The number of ether oxygens (including phenoxy) is 1. The molecule has 0 saturated heterocycles. The van der Waals surface area contributed by atoms with Gasteiger partial charge in [-0.1, -0.05) is 18.6 Å². The lowest BCUT2D eigenvalue weighted by atomic mass is 9.83. The molecule has 1 aromatic carbocycles.